The van der Waals surface area contributed by atoms with Crippen LogP contribution in [0.25, 0.3) is 0 Å². The van der Waals surface area contributed by atoms with Crippen molar-refractivity contribution in [3.63, 3.8) is 0 Å². The summed E-state index contributed by atoms with van der Waals surface area (Å²) in [5.41, 5.74) is 1.32. The third-order valence-corrected chi connectivity index (χ3v) is 3.76. The molecule has 1 aliphatic heterocycles. The van der Waals surface area contributed by atoms with Gasteiger partial charge in [0.25, 0.3) is 0 Å². The van der Waals surface area contributed by atoms with E-state index in [-0.39, 0.29) is 6.10 Å². The topological polar surface area (TPSA) is 23.5 Å². The number of hydrogen-bond acceptors (Lipinski definition) is 2. The molecule has 1 fully saturated rings. The van der Waals surface area contributed by atoms with Crippen molar-refractivity contribution < 1.29 is 5.11 Å². The van der Waals surface area contributed by atoms with Gasteiger partial charge in [0.1, 0.15) is 0 Å². The van der Waals surface area contributed by atoms with Gasteiger partial charge in [0.05, 0.1) is 6.10 Å². The molecule has 1 saturated heterocycles. The number of likely N-dealkylation sites (tertiary alicyclic amines) is 1. The Morgan fingerprint density at radius 2 is 2.00 bits per heavy atom. The Balaban J connectivity index is 1.92. The maximum absolute atomic E-state index is 9.77. The van der Waals surface area contributed by atoms with Gasteiger partial charge in [-0.3, -0.25) is 4.90 Å². The zero-order valence-electron chi connectivity index (χ0n) is 8.64. The summed E-state index contributed by atoms with van der Waals surface area (Å²) in [5, 5.41) is 10.7. The molecule has 0 bridgehead atoms. The number of benzene rings is 1. The second kappa shape index (κ2) is 5.10. The predicted molar refractivity (Wildman–Crippen MR) is 65.0 cm³/mol. The van der Waals surface area contributed by atoms with Gasteiger partial charge in [0.2, 0.25) is 0 Å². The van der Waals surface area contributed by atoms with Crippen molar-refractivity contribution in [3.8, 4) is 0 Å². The molecule has 82 valence electrons. The van der Waals surface area contributed by atoms with Crippen LogP contribution in [0.2, 0.25) is 0 Å². The molecule has 1 heterocycles. The van der Waals surface area contributed by atoms with Crippen LogP contribution in [0.15, 0.2) is 30.3 Å². The van der Waals surface area contributed by atoms with Gasteiger partial charge >= 0.3 is 0 Å². The summed E-state index contributed by atoms with van der Waals surface area (Å²) in [6.45, 7) is 2.73. The van der Waals surface area contributed by atoms with Gasteiger partial charge in [-0.1, -0.05) is 46.3 Å². The molecule has 0 amide bonds. The molecule has 1 N–H and O–H groups in total. The molecule has 1 aromatic carbocycles. The molecule has 1 aromatic rings. The first-order valence-corrected chi connectivity index (χ1v) is 6.42. The summed E-state index contributed by atoms with van der Waals surface area (Å²) < 4.78 is 0. The molecule has 2 unspecified atom stereocenters. The highest BCUT2D eigenvalue weighted by molar-refractivity contribution is 9.09. The fourth-order valence-corrected chi connectivity index (χ4v) is 2.70. The molecular weight excluding hydrogens is 254 g/mol. The lowest BCUT2D eigenvalue weighted by Gasteiger charge is -2.14. The molecule has 0 aromatic heterocycles. The molecule has 0 aliphatic carbocycles. The number of rotatable bonds is 3. The minimum absolute atomic E-state index is 0.173. The first kappa shape index (κ1) is 11.1. The Labute approximate surface area is 99.0 Å². The standard InChI is InChI=1S/C12H16BrNO/c13-6-11-8-14(9-12(11)15)7-10-4-2-1-3-5-10/h1-5,11-12,15H,6-9H2. The van der Waals surface area contributed by atoms with Crippen LogP contribution in [0.1, 0.15) is 5.56 Å². The lowest BCUT2D eigenvalue weighted by atomic mass is 10.1. The minimum Gasteiger partial charge on any atom is -0.391 e. The van der Waals surface area contributed by atoms with Gasteiger partial charge in [0.15, 0.2) is 0 Å². The second-order valence-corrected chi connectivity index (χ2v) is 4.81. The number of nitrogens with zero attached hydrogens (tertiary/aromatic N) is 1. The van der Waals surface area contributed by atoms with E-state index in [1.165, 1.54) is 5.56 Å². The minimum atomic E-state index is -0.173. The van der Waals surface area contributed by atoms with E-state index in [4.69, 9.17) is 0 Å². The van der Waals surface area contributed by atoms with Crippen molar-refractivity contribution >= 4 is 15.9 Å². The van der Waals surface area contributed by atoms with E-state index in [0.29, 0.717) is 5.92 Å². The Morgan fingerprint density at radius 3 is 2.60 bits per heavy atom. The highest BCUT2D eigenvalue weighted by Crippen LogP contribution is 2.20. The monoisotopic (exact) mass is 269 g/mol. The van der Waals surface area contributed by atoms with Crippen molar-refractivity contribution in [1.29, 1.82) is 0 Å². The maximum Gasteiger partial charge on any atom is 0.0715 e. The molecule has 2 rings (SSSR count). The van der Waals surface area contributed by atoms with Gasteiger partial charge in [-0.15, -0.1) is 0 Å². The van der Waals surface area contributed by atoms with Crippen LogP contribution in [0.3, 0.4) is 0 Å². The number of halogens is 1. The fraction of sp³-hybridized carbons (Fsp3) is 0.500. The third kappa shape index (κ3) is 2.80. The van der Waals surface area contributed by atoms with E-state index >= 15 is 0 Å². The SMILES string of the molecule is OC1CN(Cc2ccccc2)CC1CBr. The van der Waals surface area contributed by atoms with E-state index in [1.807, 2.05) is 6.07 Å². The largest absolute Gasteiger partial charge is 0.391 e. The smallest absolute Gasteiger partial charge is 0.0715 e. The number of aliphatic hydroxyl groups excluding tert-OH is 1. The summed E-state index contributed by atoms with van der Waals surface area (Å²) >= 11 is 3.44. The summed E-state index contributed by atoms with van der Waals surface area (Å²) in [5.74, 6) is 0.383. The van der Waals surface area contributed by atoms with Gasteiger partial charge < -0.3 is 5.11 Å². The zero-order valence-corrected chi connectivity index (χ0v) is 10.2. The van der Waals surface area contributed by atoms with Crippen LogP contribution in [0, 0.1) is 5.92 Å². The summed E-state index contributed by atoms with van der Waals surface area (Å²) in [4.78, 5) is 2.31. The quantitative estimate of drug-likeness (QED) is 0.848. The van der Waals surface area contributed by atoms with Crippen LogP contribution in [-0.4, -0.2) is 34.5 Å². The van der Waals surface area contributed by atoms with E-state index in [1.54, 1.807) is 0 Å². The molecule has 3 heteroatoms. The summed E-state index contributed by atoms with van der Waals surface area (Å²) in [7, 11) is 0. The number of hydrogen-bond donors (Lipinski definition) is 1. The molecule has 2 atom stereocenters. The van der Waals surface area contributed by atoms with Gasteiger partial charge in [0, 0.05) is 30.9 Å². The van der Waals surface area contributed by atoms with Crippen molar-refractivity contribution in [2.45, 2.75) is 12.6 Å². The highest BCUT2D eigenvalue weighted by Gasteiger charge is 2.29. The molecule has 2 nitrogen and oxygen atoms in total. The Morgan fingerprint density at radius 1 is 1.27 bits per heavy atom. The average molecular weight is 270 g/mol. The highest BCUT2D eigenvalue weighted by atomic mass is 79.9. The summed E-state index contributed by atoms with van der Waals surface area (Å²) in [6.07, 6.45) is -0.173. The van der Waals surface area contributed by atoms with Crippen LogP contribution in [-0.2, 0) is 6.54 Å². The first-order chi connectivity index (χ1) is 7.29. The van der Waals surface area contributed by atoms with Crippen LogP contribution in [0.4, 0.5) is 0 Å². The number of aliphatic hydroxyl groups is 1. The van der Waals surface area contributed by atoms with Crippen LogP contribution < -0.4 is 0 Å². The summed E-state index contributed by atoms with van der Waals surface area (Å²) in [6, 6.07) is 10.4. The first-order valence-electron chi connectivity index (χ1n) is 5.30. The Kier molecular flexibility index (Phi) is 3.78. The Hall–Kier alpha value is -0.380. The van der Waals surface area contributed by atoms with E-state index in [2.05, 4.69) is 45.1 Å². The molecule has 0 spiro atoms. The van der Waals surface area contributed by atoms with E-state index in [9.17, 15) is 5.11 Å². The van der Waals surface area contributed by atoms with Gasteiger partial charge in [-0.25, -0.2) is 0 Å². The second-order valence-electron chi connectivity index (χ2n) is 4.16. The maximum atomic E-state index is 9.77. The average Bonchev–Trinajstić information content (AvgIpc) is 2.60. The Bertz CT molecular complexity index is 304. The number of alkyl halides is 1. The van der Waals surface area contributed by atoms with Crippen molar-refractivity contribution in [3.05, 3.63) is 35.9 Å². The number of β-amino-alcohol motifs (C(OH)–C–C–N with tert-alkyl or cyclic N) is 1. The molecule has 1 aliphatic rings. The van der Waals surface area contributed by atoms with Crippen molar-refractivity contribution in [1.82, 2.24) is 4.90 Å². The lowest BCUT2D eigenvalue weighted by Crippen LogP contribution is -2.21. The molecular formula is C12H16BrNO. The predicted octanol–water partition coefficient (Wildman–Crippen LogP) is 1.87. The molecule has 0 saturated carbocycles. The van der Waals surface area contributed by atoms with Crippen LogP contribution in [0.5, 0.6) is 0 Å². The lowest BCUT2D eigenvalue weighted by molar-refractivity contribution is 0.149. The van der Waals surface area contributed by atoms with Crippen molar-refractivity contribution in [2.24, 2.45) is 5.92 Å². The zero-order chi connectivity index (χ0) is 10.7. The van der Waals surface area contributed by atoms with Gasteiger partial charge in [-0.2, -0.15) is 0 Å². The van der Waals surface area contributed by atoms with Gasteiger partial charge in [-0.05, 0) is 5.56 Å². The molecule has 0 radical (unpaired) electrons. The fourth-order valence-electron chi connectivity index (χ4n) is 2.06. The van der Waals surface area contributed by atoms with E-state index < -0.39 is 0 Å². The van der Waals surface area contributed by atoms with Crippen molar-refractivity contribution in [2.75, 3.05) is 18.4 Å². The van der Waals surface area contributed by atoms with Crippen LogP contribution >= 0.6 is 15.9 Å². The normalized spacial score (nSPS) is 27.1. The molecule has 15 heavy (non-hydrogen) atoms. The van der Waals surface area contributed by atoms with E-state index in [0.717, 1.165) is 25.0 Å². The third-order valence-electron chi connectivity index (χ3n) is 2.93.